The summed E-state index contributed by atoms with van der Waals surface area (Å²) < 4.78 is 28.1. The highest BCUT2D eigenvalue weighted by Gasteiger charge is 2.19. The number of Topliss-reactive ketones (excluding diaryl/α,β-unsaturated/α-hetero) is 1. The molecule has 9 heteroatoms. The normalized spacial score (nSPS) is 11.0. The molecular weight excluding hydrogens is 526 g/mol. The summed E-state index contributed by atoms with van der Waals surface area (Å²) in [5.41, 5.74) is 1.51. The number of nitrogens with one attached hydrogen (secondary N) is 2. The molecule has 4 aromatic rings. The molecule has 3 aromatic carbocycles. The molecule has 0 atom stereocenters. The van der Waals surface area contributed by atoms with Gasteiger partial charge in [0.2, 0.25) is 15.7 Å². The van der Waals surface area contributed by atoms with Gasteiger partial charge in [0.25, 0.3) is 5.91 Å². The highest BCUT2D eigenvalue weighted by molar-refractivity contribution is 7.91. The lowest BCUT2D eigenvalue weighted by Crippen LogP contribution is -2.32. The molecule has 0 fully saturated rings. The van der Waals surface area contributed by atoms with E-state index >= 15 is 0 Å². The van der Waals surface area contributed by atoms with Crippen molar-refractivity contribution in [1.82, 2.24) is 0 Å². The molecule has 0 unspecified atom stereocenters. The first-order chi connectivity index (χ1) is 19.2. The minimum atomic E-state index is -3.80. The van der Waals surface area contributed by atoms with Crippen LogP contribution in [0.3, 0.4) is 0 Å². The Bertz CT molecular complexity index is 1600. The van der Waals surface area contributed by atoms with E-state index in [0.717, 1.165) is 13.0 Å². The van der Waals surface area contributed by atoms with Crippen molar-refractivity contribution in [2.75, 3.05) is 10.6 Å². The first kappa shape index (κ1) is 28.4. The number of amides is 2. The highest BCUT2D eigenvalue weighted by Crippen LogP contribution is 2.24. The van der Waals surface area contributed by atoms with Crippen LogP contribution in [0.25, 0.3) is 0 Å². The van der Waals surface area contributed by atoms with Gasteiger partial charge in [-0.1, -0.05) is 24.3 Å². The lowest BCUT2D eigenvalue weighted by molar-refractivity contribution is -0.697. The van der Waals surface area contributed by atoms with Crippen LogP contribution in [-0.4, -0.2) is 26.0 Å². The second kappa shape index (κ2) is 12.9. The maximum absolute atomic E-state index is 13.1. The van der Waals surface area contributed by atoms with E-state index in [2.05, 4.69) is 15.2 Å². The lowest BCUT2D eigenvalue weighted by Gasteiger charge is -2.11. The summed E-state index contributed by atoms with van der Waals surface area (Å²) in [4.78, 5) is 37.3. The Labute approximate surface area is 233 Å². The van der Waals surface area contributed by atoms with Gasteiger partial charge < -0.3 is 10.6 Å². The van der Waals surface area contributed by atoms with Crippen molar-refractivity contribution in [2.24, 2.45) is 0 Å². The molecule has 0 saturated heterocycles. The topological polar surface area (TPSA) is 113 Å². The molecule has 0 aliphatic heterocycles. The quantitative estimate of drug-likeness (QED) is 0.152. The standard InChI is InChI=1S/C31H29N3O5S/c1-23(35)32-24-12-16-26(17-13-24)40(38,39)27-18-14-25(15-19-27)33-31(37)29-10-4-3-9-28(29)30(36)11-5-8-22-34-20-6-2-7-21-34/h2-4,6-7,9-10,12-21H,5,8,11,22H2,1H3,(H-,32,33,35,37)/p+1. The van der Waals surface area contributed by atoms with Gasteiger partial charge in [0, 0.05) is 48.8 Å². The zero-order valence-corrected chi connectivity index (χ0v) is 22.9. The Morgan fingerprint density at radius 1 is 0.675 bits per heavy atom. The molecule has 0 saturated carbocycles. The summed E-state index contributed by atoms with van der Waals surface area (Å²) in [6, 6.07) is 24.3. The molecule has 0 aliphatic carbocycles. The second-order valence-corrected chi connectivity index (χ2v) is 11.2. The minimum Gasteiger partial charge on any atom is -0.326 e. The van der Waals surface area contributed by atoms with Crippen LogP contribution < -0.4 is 15.2 Å². The molecule has 1 heterocycles. The van der Waals surface area contributed by atoms with E-state index < -0.39 is 15.7 Å². The summed E-state index contributed by atoms with van der Waals surface area (Å²) in [5.74, 6) is -0.805. The Morgan fingerprint density at radius 3 is 1.80 bits per heavy atom. The number of unbranched alkanes of at least 4 members (excludes halogenated alkanes) is 1. The summed E-state index contributed by atoms with van der Waals surface area (Å²) >= 11 is 0. The number of anilines is 2. The van der Waals surface area contributed by atoms with E-state index in [1.54, 1.807) is 24.3 Å². The SMILES string of the molecule is CC(=O)Nc1ccc(S(=O)(=O)c2ccc(NC(=O)c3ccccc3C(=O)CCCC[n+]3ccccc3)cc2)cc1. The molecule has 0 spiro atoms. The fraction of sp³-hybridized carbons (Fsp3) is 0.161. The van der Waals surface area contributed by atoms with E-state index in [-0.39, 0.29) is 27.0 Å². The highest BCUT2D eigenvalue weighted by atomic mass is 32.2. The Balaban J connectivity index is 1.39. The number of hydrogen-bond donors (Lipinski definition) is 2. The number of carbonyl (C=O) groups excluding carboxylic acids is 3. The Kier molecular flexibility index (Phi) is 9.19. The van der Waals surface area contributed by atoms with Crippen molar-refractivity contribution in [3.8, 4) is 0 Å². The maximum atomic E-state index is 13.1. The van der Waals surface area contributed by atoms with Gasteiger partial charge in [-0.05, 0) is 61.0 Å². The number of aryl methyl sites for hydroxylation is 1. The molecule has 1 aromatic heterocycles. The summed E-state index contributed by atoms with van der Waals surface area (Å²) in [7, 11) is -3.80. The van der Waals surface area contributed by atoms with Gasteiger partial charge in [-0.15, -0.1) is 0 Å². The van der Waals surface area contributed by atoms with Gasteiger partial charge in [-0.25, -0.2) is 13.0 Å². The molecule has 0 bridgehead atoms. The molecule has 2 amide bonds. The molecule has 8 nitrogen and oxygen atoms in total. The smallest absolute Gasteiger partial charge is 0.256 e. The molecule has 2 N–H and O–H groups in total. The third-order valence-corrected chi connectivity index (χ3v) is 8.01. The third kappa shape index (κ3) is 7.27. The average Bonchev–Trinajstić information content (AvgIpc) is 2.96. The number of ketones is 1. The van der Waals surface area contributed by atoms with Gasteiger partial charge in [0.05, 0.1) is 15.4 Å². The molecule has 4 rings (SSSR count). The zero-order valence-electron chi connectivity index (χ0n) is 22.0. The maximum Gasteiger partial charge on any atom is 0.256 e. The monoisotopic (exact) mass is 556 g/mol. The second-order valence-electron chi connectivity index (χ2n) is 9.23. The van der Waals surface area contributed by atoms with Crippen LogP contribution in [0.1, 0.15) is 46.9 Å². The van der Waals surface area contributed by atoms with E-state index in [1.807, 2.05) is 30.6 Å². The minimum absolute atomic E-state index is 0.0574. The predicted molar refractivity (Wildman–Crippen MR) is 152 cm³/mol. The van der Waals surface area contributed by atoms with Crippen LogP contribution in [0.15, 0.2) is 113 Å². The number of carbonyl (C=O) groups is 3. The van der Waals surface area contributed by atoms with Gasteiger partial charge in [-0.3, -0.25) is 14.4 Å². The molecule has 40 heavy (non-hydrogen) atoms. The van der Waals surface area contributed by atoms with Crippen LogP contribution in [0.2, 0.25) is 0 Å². The van der Waals surface area contributed by atoms with Crippen molar-refractivity contribution in [3.63, 3.8) is 0 Å². The summed E-state index contributed by atoms with van der Waals surface area (Å²) in [5, 5.41) is 5.35. The molecule has 204 valence electrons. The molecule has 0 aliphatic rings. The predicted octanol–water partition coefficient (Wildman–Crippen LogP) is 5.07. The third-order valence-electron chi connectivity index (χ3n) is 6.23. The average molecular weight is 557 g/mol. The number of rotatable bonds is 11. The number of hydrogen-bond acceptors (Lipinski definition) is 5. The molecular formula is C31H30N3O5S+. The van der Waals surface area contributed by atoms with Crippen molar-refractivity contribution in [2.45, 2.75) is 42.5 Å². The first-order valence-corrected chi connectivity index (χ1v) is 14.3. The van der Waals surface area contributed by atoms with Crippen molar-refractivity contribution in [1.29, 1.82) is 0 Å². The van der Waals surface area contributed by atoms with Crippen LogP contribution in [0.5, 0.6) is 0 Å². The van der Waals surface area contributed by atoms with Crippen LogP contribution in [-0.2, 0) is 21.2 Å². The van der Waals surface area contributed by atoms with Crippen LogP contribution in [0, 0.1) is 0 Å². The number of aromatic nitrogens is 1. The van der Waals surface area contributed by atoms with Gasteiger partial charge >= 0.3 is 0 Å². The Hall–Kier alpha value is -4.63. The van der Waals surface area contributed by atoms with Gasteiger partial charge in [-0.2, -0.15) is 0 Å². The largest absolute Gasteiger partial charge is 0.326 e. The summed E-state index contributed by atoms with van der Waals surface area (Å²) in [6.45, 7) is 2.18. The van der Waals surface area contributed by atoms with Gasteiger partial charge in [0.15, 0.2) is 18.2 Å². The fourth-order valence-electron chi connectivity index (χ4n) is 4.19. The number of sulfone groups is 1. The van der Waals surface area contributed by atoms with Crippen molar-refractivity contribution < 1.29 is 27.4 Å². The van der Waals surface area contributed by atoms with Crippen LogP contribution >= 0.6 is 0 Å². The first-order valence-electron chi connectivity index (χ1n) is 12.8. The van der Waals surface area contributed by atoms with E-state index in [4.69, 9.17) is 0 Å². The number of pyridine rings is 1. The summed E-state index contributed by atoms with van der Waals surface area (Å²) in [6.07, 6.45) is 5.83. The Morgan fingerprint density at radius 2 is 1.23 bits per heavy atom. The van der Waals surface area contributed by atoms with Gasteiger partial charge in [0.1, 0.15) is 6.54 Å². The van der Waals surface area contributed by atoms with Crippen molar-refractivity contribution >= 4 is 38.8 Å². The fourth-order valence-corrected chi connectivity index (χ4v) is 5.46. The van der Waals surface area contributed by atoms with E-state index in [9.17, 15) is 22.8 Å². The van der Waals surface area contributed by atoms with Crippen molar-refractivity contribution in [3.05, 3.63) is 115 Å². The number of nitrogens with zero attached hydrogens (tertiary/aromatic N) is 1. The lowest BCUT2D eigenvalue weighted by atomic mass is 9.99. The zero-order chi connectivity index (χ0) is 28.5. The molecule has 0 radical (unpaired) electrons. The van der Waals surface area contributed by atoms with E-state index in [1.165, 1.54) is 55.5 Å². The van der Waals surface area contributed by atoms with E-state index in [0.29, 0.717) is 29.8 Å². The van der Waals surface area contributed by atoms with Crippen LogP contribution in [0.4, 0.5) is 11.4 Å². The number of benzene rings is 3.